The van der Waals surface area contributed by atoms with E-state index in [-0.39, 0.29) is 11.5 Å². The Kier molecular flexibility index (Phi) is 7.31. The molecule has 6 rings (SSSR count). The van der Waals surface area contributed by atoms with Gasteiger partial charge in [-0.2, -0.15) is 5.10 Å². The predicted octanol–water partition coefficient (Wildman–Crippen LogP) is 5.59. The Balaban J connectivity index is 1.50. The molecule has 4 heterocycles. The molecule has 0 spiro atoms. The molecule has 0 amide bonds. The largest absolute Gasteiger partial charge is 0.394 e. The number of halogens is 1. The van der Waals surface area contributed by atoms with Crippen molar-refractivity contribution in [2.24, 2.45) is 0 Å². The van der Waals surface area contributed by atoms with Gasteiger partial charge in [-0.25, -0.2) is 22.4 Å². The summed E-state index contributed by atoms with van der Waals surface area (Å²) in [6, 6.07) is 14.2. The second-order valence-electron chi connectivity index (χ2n) is 10.0. The third kappa shape index (κ3) is 5.22. The molecule has 1 aliphatic carbocycles. The molecule has 1 fully saturated rings. The maximum atomic E-state index is 13.8. The summed E-state index contributed by atoms with van der Waals surface area (Å²) < 4.78 is 30.4. The second kappa shape index (κ2) is 11.0. The average Bonchev–Trinajstić information content (AvgIpc) is 3.59. The van der Waals surface area contributed by atoms with Gasteiger partial charge in [0.25, 0.3) is 10.0 Å². The maximum Gasteiger partial charge on any atom is 0.269 e. The summed E-state index contributed by atoms with van der Waals surface area (Å²) in [5.41, 5.74) is 3.29. The number of aliphatic hydroxyl groups excluding tert-OH is 1. The van der Waals surface area contributed by atoms with Crippen molar-refractivity contribution < 1.29 is 13.5 Å². The van der Waals surface area contributed by atoms with Crippen molar-refractivity contribution in [3.8, 4) is 22.3 Å². The number of aromatic nitrogens is 5. The first kappa shape index (κ1) is 26.5. The number of nitrogens with zero attached hydrogens (tertiary/aromatic N) is 5. The number of anilines is 1. The van der Waals surface area contributed by atoms with E-state index in [1.54, 1.807) is 59.7 Å². The molecule has 1 aromatic carbocycles. The SMILES string of the molecule is O=S(=O)(c1ccccc1)n1cc(-c2cc(Cl)nc(NC3CCCCC3)c2)c2cc(-c3cnn(CCO)c3)cnc21. The van der Waals surface area contributed by atoms with E-state index in [2.05, 4.69) is 20.4 Å². The first-order valence-corrected chi connectivity index (χ1v) is 15.1. The molecule has 5 aromatic rings. The normalized spacial score (nSPS) is 14.6. The Bertz CT molecular complexity index is 1760. The van der Waals surface area contributed by atoms with Crippen LogP contribution in [0.2, 0.25) is 5.15 Å². The minimum atomic E-state index is -3.93. The third-order valence-electron chi connectivity index (χ3n) is 7.27. The van der Waals surface area contributed by atoms with E-state index in [1.165, 1.54) is 23.2 Å². The maximum absolute atomic E-state index is 13.8. The number of nitrogens with one attached hydrogen (secondary N) is 1. The zero-order chi connectivity index (χ0) is 27.7. The highest BCUT2D eigenvalue weighted by Gasteiger charge is 2.24. The molecule has 0 radical (unpaired) electrons. The van der Waals surface area contributed by atoms with E-state index >= 15 is 0 Å². The Morgan fingerprint density at radius 1 is 0.975 bits per heavy atom. The van der Waals surface area contributed by atoms with Crippen LogP contribution < -0.4 is 5.32 Å². The van der Waals surface area contributed by atoms with Gasteiger partial charge in [0, 0.05) is 46.7 Å². The molecule has 0 saturated heterocycles. The van der Waals surface area contributed by atoms with E-state index in [0.29, 0.717) is 40.2 Å². The molecule has 1 aliphatic rings. The number of hydrogen-bond acceptors (Lipinski definition) is 7. The number of hydrogen-bond donors (Lipinski definition) is 2. The van der Waals surface area contributed by atoms with Gasteiger partial charge in [0.05, 0.1) is 24.2 Å². The second-order valence-corrected chi connectivity index (χ2v) is 12.2. The average molecular weight is 577 g/mol. The third-order valence-corrected chi connectivity index (χ3v) is 9.13. The number of rotatable bonds is 8. The van der Waals surface area contributed by atoms with Crippen molar-refractivity contribution in [1.82, 2.24) is 23.7 Å². The molecule has 9 nitrogen and oxygen atoms in total. The standard InChI is InChI=1S/C29H29ClN6O3S/c30-27-14-20(15-28(34-27)33-23-7-3-1-4-8-23)26-19-36(40(38,39)24-9-5-2-6-10-24)29-25(26)13-21(16-31-29)22-17-32-35(18-22)11-12-37/h2,5-6,9-10,13-19,23,37H,1,3-4,7-8,11-12H2,(H,33,34). The number of fused-ring (bicyclic) bond motifs is 1. The molecule has 2 N–H and O–H groups in total. The van der Waals surface area contributed by atoms with Gasteiger partial charge in [-0.3, -0.25) is 4.68 Å². The Morgan fingerprint density at radius 2 is 1.77 bits per heavy atom. The van der Waals surface area contributed by atoms with Gasteiger partial charge in [0.15, 0.2) is 5.65 Å². The molecular formula is C29H29ClN6O3S. The van der Waals surface area contributed by atoms with E-state index in [1.807, 2.05) is 18.3 Å². The molecule has 4 aromatic heterocycles. The lowest BCUT2D eigenvalue weighted by molar-refractivity contribution is 0.269. The molecule has 0 aliphatic heterocycles. The van der Waals surface area contributed by atoms with E-state index < -0.39 is 10.0 Å². The lowest BCUT2D eigenvalue weighted by atomic mass is 9.95. The van der Waals surface area contributed by atoms with Crippen LogP contribution in [0, 0.1) is 0 Å². The molecule has 0 unspecified atom stereocenters. The first-order valence-electron chi connectivity index (χ1n) is 13.3. The molecule has 206 valence electrons. The Hall–Kier alpha value is -3.73. The zero-order valence-electron chi connectivity index (χ0n) is 21.7. The topological polar surface area (TPSA) is 115 Å². The highest BCUT2D eigenvalue weighted by molar-refractivity contribution is 7.90. The lowest BCUT2D eigenvalue weighted by Crippen LogP contribution is -2.22. The van der Waals surface area contributed by atoms with Crippen LogP contribution in [-0.2, 0) is 16.6 Å². The van der Waals surface area contributed by atoms with Crippen LogP contribution in [0.5, 0.6) is 0 Å². The molecule has 1 saturated carbocycles. The zero-order valence-corrected chi connectivity index (χ0v) is 23.3. The first-order chi connectivity index (χ1) is 19.4. The smallest absolute Gasteiger partial charge is 0.269 e. The summed E-state index contributed by atoms with van der Waals surface area (Å²) in [5.74, 6) is 0.663. The van der Waals surface area contributed by atoms with Crippen LogP contribution in [0.3, 0.4) is 0 Å². The van der Waals surface area contributed by atoms with Crippen LogP contribution in [-0.4, -0.2) is 49.9 Å². The van der Waals surface area contributed by atoms with E-state index in [0.717, 1.165) is 29.5 Å². The van der Waals surface area contributed by atoms with E-state index in [4.69, 9.17) is 11.6 Å². The fourth-order valence-electron chi connectivity index (χ4n) is 5.28. The van der Waals surface area contributed by atoms with Gasteiger partial charge in [-0.15, -0.1) is 0 Å². The Morgan fingerprint density at radius 3 is 2.55 bits per heavy atom. The van der Waals surface area contributed by atoms with Gasteiger partial charge in [-0.1, -0.05) is 49.1 Å². The summed E-state index contributed by atoms with van der Waals surface area (Å²) in [7, 11) is -3.93. The lowest BCUT2D eigenvalue weighted by Gasteiger charge is -2.23. The Labute approximate surface area is 237 Å². The van der Waals surface area contributed by atoms with Crippen LogP contribution >= 0.6 is 11.6 Å². The summed E-state index contributed by atoms with van der Waals surface area (Å²) in [5, 5.41) is 18.1. The van der Waals surface area contributed by atoms with Crippen molar-refractivity contribution in [3.63, 3.8) is 0 Å². The van der Waals surface area contributed by atoms with E-state index in [9.17, 15) is 13.5 Å². The van der Waals surface area contributed by atoms with Gasteiger partial charge in [0.1, 0.15) is 11.0 Å². The fourth-order valence-corrected chi connectivity index (χ4v) is 6.83. The molecule has 0 atom stereocenters. The van der Waals surface area contributed by atoms with Gasteiger partial charge < -0.3 is 10.4 Å². The predicted molar refractivity (Wildman–Crippen MR) is 156 cm³/mol. The van der Waals surface area contributed by atoms with Crippen molar-refractivity contribution in [3.05, 3.63) is 78.5 Å². The molecule has 11 heteroatoms. The summed E-state index contributed by atoms with van der Waals surface area (Å²) in [6.07, 6.45) is 12.5. The number of benzene rings is 1. The van der Waals surface area contributed by atoms with Gasteiger partial charge >= 0.3 is 0 Å². The van der Waals surface area contributed by atoms with Crippen molar-refractivity contribution >= 4 is 38.5 Å². The minimum Gasteiger partial charge on any atom is -0.394 e. The summed E-state index contributed by atoms with van der Waals surface area (Å²) in [4.78, 5) is 9.30. The van der Waals surface area contributed by atoms with Crippen LogP contribution in [0.4, 0.5) is 5.82 Å². The molecule has 40 heavy (non-hydrogen) atoms. The van der Waals surface area contributed by atoms with Crippen LogP contribution in [0.1, 0.15) is 32.1 Å². The highest BCUT2D eigenvalue weighted by atomic mass is 35.5. The van der Waals surface area contributed by atoms with Gasteiger partial charge in [0.2, 0.25) is 0 Å². The van der Waals surface area contributed by atoms with Crippen molar-refractivity contribution in [1.29, 1.82) is 0 Å². The monoisotopic (exact) mass is 576 g/mol. The van der Waals surface area contributed by atoms with Crippen LogP contribution in [0.15, 0.2) is 78.2 Å². The molecular weight excluding hydrogens is 548 g/mol. The fraction of sp³-hybridized carbons (Fsp3) is 0.276. The van der Waals surface area contributed by atoms with Crippen molar-refractivity contribution in [2.45, 2.75) is 49.6 Å². The number of pyridine rings is 2. The molecule has 0 bridgehead atoms. The van der Waals surface area contributed by atoms with Crippen molar-refractivity contribution in [2.75, 3.05) is 11.9 Å². The summed E-state index contributed by atoms with van der Waals surface area (Å²) in [6.45, 7) is 0.349. The van der Waals surface area contributed by atoms with Crippen LogP contribution in [0.25, 0.3) is 33.3 Å². The van der Waals surface area contributed by atoms with Gasteiger partial charge in [-0.05, 0) is 48.7 Å². The quantitative estimate of drug-likeness (QED) is 0.231. The minimum absolute atomic E-state index is 0.0250. The summed E-state index contributed by atoms with van der Waals surface area (Å²) >= 11 is 6.50. The highest BCUT2D eigenvalue weighted by Crippen LogP contribution is 2.36. The number of aliphatic hydroxyl groups is 1.